The molecule has 2 aromatic heterocycles. The van der Waals surface area contributed by atoms with Gasteiger partial charge in [0.05, 0.1) is 41.6 Å². The third-order valence-corrected chi connectivity index (χ3v) is 5.89. The number of nitrogens with one attached hydrogen (secondary N) is 1. The second-order valence-electron chi connectivity index (χ2n) is 8.34. The van der Waals surface area contributed by atoms with Gasteiger partial charge in [-0.25, -0.2) is 20.8 Å². The lowest BCUT2D eigenvalue weighted by atomic mass is 9.86. The number of hydrogen-bond acceptors (Lipinski definition) is 8. The summed E-state index contributed by atoms with van der Waals surface area (Å²) in [6.07, 6.45) is 5.52. The average molecular weight is 446 g/mol. The Hall–Kier alpha value is -3.65. The van der Waals surface area contributed by atoms with E-state index in [-0.39, 0.29) is 0 Å². The minimum atomic E-state index is 0.345. The smallest absolute Gasteiger partial charge is 0.223 e. The summed E-state index contributed by atoms with van der Waals surface area (Å²) in [6, 6.07) is 15.6. The number of benzene rings is 1. The summed E-state index contributed by atoms with van der Waals surface area (Å²) in [4.78, 5) is 13.6. The third-order valence-electron chi connectivity index (χ3n) is 5.89. The molecule has 1 aromatic carbocycles. The Morgan fingerprint density at radius 1 is 1.12 bits per heavy atom. The molecule has 1 saturated carbocycles. The average Bonchev–Trinajstić information content (AvgIpc) is 2.79. The van der Waals surface area contributed by atoms with E-state index >= 15 is 0 Å². The Labute approximate surface area is 194 Å². The van der Waals surface area contributed by atoms with E-state index in [2.05, 4.69) is 20.3 Å². The summed E-state index contributed by atoms with van der Waals surface area (Å²) in [5.41, 5.74) is 10.9. The first-order valence-electron chi connectivity index (χ1n) is 11.2. The summed E-state index contributed by atoms with van der Waals surface area (Å²) >= 11 is 0. The molecule has 8 heteroatoms. The van der Waals surface area contributed by atoms with E-state index < -0.39 is 0 Å². The molecule has 0 spiro atoms. The van der Waals surface area contributed by atoms with Crippen LogP contribution in [0.2, 0.25) is 0 Å². The van der Waals surface area contributed by atoms with Gasteiger partial charge in [-0.1, -0.05) is 36.8 Å². The van der Waals surface area contributed by atoms with Crippen LogP contribution in [0.5, 0.6) is 5.75 Å². The van der Waals surface area contributed by atoms with Gasteiger partial charge >= 0.3 is 0 Å². The fraction of sp³-hybridized carbons (Fsp3) is 0.320. The zero-order valence-corrected chi connectivity index (χ0v) is 19.2. The predicted octanol–water partition coefficient (Wildman–Crippen LogP) is 3.57. The molecule has 3 aromatic rings. The highest BCUT2D eigenvalue weighted by Gasteiger charge is 2.19. The topological polar surface area (TPSA) is 115 Å². The molecule has 0 unspecified atom stereocenters. The zero-order chi connectivity index (χ0) is 23.2. The van der Waals surface area contributed by atoms with E-state index in [4.69, 9.17) is 16.3 Å². The van der Waals surface area contributed by atoms with Crippen molar-refractivity contribution in [3.63, 3.8) is 0 Å². The molecule has 33 heavy (non-hydrogen) atoms. The summed E-state index contributed by atoms with van der Waals surface area (Å²) in [5, 5.41) is 4.71. The highest BCUT2D eigenvalue weighted by Crippen LogP contribution is 2.28. The van der Waals surface area contributed by atoms with E-state index in [9.17, 15) is 0 Å². The molecule has 2 heterocycles. The Morgan fingerprint density at radius 2 is 1.91 bits per heavy atom. The second kappa shape index (κ2) is 10.3. The van der Waals surface area contributed by atoms with Crippen LogP contribution in [0, 0.1) is 12.8 Å². The van der Waals surface area contributed by atoms with Crippen LogP contribution in [0.3, 0.4) is 0 Å². The van der Waals surface area contributed by atoms with Crippen LogP contribution in [-0.4, -0.2) is 40.2 Å². The lowest BCUT2D eigenvalue weighted by Crippen LogP contribution is -2.32. The van der Waals surface area contributed by atoms with Crippen molar-refractivity contribution in [3.8, 4) is 17.0 Å². The Bertz CT molecular complexity index is 1110. The van der Waals surface area contributed by atoms with Crippen molar-refractivity contribution in [2.24, 2.45) is 17.5 Å². The van der Waals surface area contributed by atoms with Crippen LogP contribution < -0.4 is 21.6 Å². The van der Waals surface area contributed by atoms with Gasteiger partial charge in [0.1, 0.15) is 5.75 Å². The molecule has 0 radical (unpaired) electrons. The monoisotopic (exact) mass is 445 g/mol. The van der Waals surface area contributed by atoms with E-state index in [0.29, 0.717) is 35.5 Å². The van der Waals surface area contributed by atoms with Gasteiger partial charge in [-0.3, -0.25) is 0 Å². The van der Waals surface area contributed by atoms with Crippen molar-refractivity contribution in [1.82, 2.24) is 20.0 Å². The van der Waals surface area contributed by atoms with Crippen LogP contribution >= 0.6 is 0 Å². The van der Waals surface area contributed by atoms with E-state index in [1.807, 2.05) is 55.5 Å². The predicted molar refractivity (Wildman–Crippen MR) is 131 cm³/mol. The number of hydrogen-bond donors (Lipinski definition) is 3. The lowest BCUT2D eigenvalue weighted by Gasteiger charge is -2.25. The SMILES string of the molecule is Cc1nc(/C(N)=C(\CNc2nccc(-c3ccccc3)n2)N(C)N)ccc1OCC1CCC1. The van der Waals surface area contributed by atoms with Crippen molar-refractivity contribution in [2.45, 2.75) is 26.2 Å². The largest absolute Gasteiger partial charge is 0.491 e. The van der Waals surface area contributed by atoms with Gasteiger partial charge in [-0.05, 0) is 43.9 Å². The van der Waals surface area contributed by atoms with Gasteiger partial charge in [0.2, 0.25) is 5.95 Å². The third kappa shape index (κ3) is 5.59. The molecule has 1 aliphatic rings. The maximum Gasteiger partial charge on any atom is 0.223 e. The molecule has 0 atom stereocenters. The zero-order valence-electron chi connectivity index (χ0n) is 19.2. The number of nitrogens with zero attached hydrogens (tertiary/aromatic N) is 4. The fourth-order valence-corrected chi connectivity index (χ4v) is 3.65. The standard InChI is InChI=1S/C25H31N7O/c1-17-23(33-16-18-7-6-8-18)12-11-21(30-17)24(26)22(32(2)27)15-29-25-28-14-13-20(31-25)19-9-4-3-5-10-19/h3-5,9-14,18H,6-8,15-16,26-27H2,1-2H3,(H,28,29,31)/b24-22-. The van der Waals surface area contributed by atoms with Crippen LogP contribution in [0.25, 0.3) is 17.0 Å². The number of rotatable bonds is 9. The molecule has 172 valence electrons. The lowest BCUT2D eigenvalue weighted by molar-refractivity contribution is 0.179. The summed E-state index contributed by atoms with van der Waals surface area (Å²) in [5.74, 6) is 8.05. The second-order valence-corrected chi connectivity index (χ2v) is 8.34. The van der Waals surface area contributed by atoms with Gasteiger partial charge in [0.15, 0.2) is 0 Å². The number of nitrogens with two attached hydrogens (primary N) is 2. The molecular formula is C25H31N7O. The van der Waals surface area contributed by atoms with Crippen molar-refractivity contribution in [2.75, 3.05) is 25.5 Å². The Morgan fingerprint density at radius 3 is 2.58 bits per heavy atom. The van der Waals surface area contributed by atoms with Crippen molar-refractivity contribution in [1.29, 1.82) is 0 Å². The number of ether oxygens (including phenoxy) is 1. The maximum atomic E-state index is 6.47. The van der Waals surface area contributed by atoms with Crippen LogP contribution in [0.1, 0.15) is 30.7 Å². The van der Waals surface area contributed by atoms with E-state index in [1.54, 1.807) is 13.2 Å². The van der Waals surface area contributed by atoms with Gasteiger partial charge < -0.3 is 20.8 Å². The maximum absolute atomic E-state index is 6.47. The highest BCUT2D eigenvalue weighted by molar-refractivity contribution is 5.64. The molecule has 0 aliphatic heterocycles. The van der Waals surface area contributed by atoms with E-state index in [0.717, 1.165) is 29.3 Å². The first kappa shape index (κ1) is 22.5. The molecule has 5 N–H and O–H groups in total. The Balaban J connectivity index is 1.48. The number of aryl methyl sites for hydroxylation is 1. The first-order valence-corrected chi connectivity index (χ1v) is 11.2. The van der Waals surface area contributed by atoms with Gasteiger partial charge in [0.25, 0.3) is 0 Å². The van der Waals surface area contributed by atoms with Crippen LogP contribution in [-0.2, 0) is 0 Å². The molecule has 1 aliphatic carbocycles. The van der Waals surface area contributed by atoms with Gasteiger partial charge in [-0.2, -0.15) is 0 Å². The molecule has 0 bridgehead atoms. The number of aromatic nitrogens is 3. The van der Waals surface area contributed by atoms with Gasteiger partial charge in [0, 0.05) is 18.8 Å². The first-order chi connectivity index (χ1) is 16.0. The van der Waals surface area contributed by atoms with Crippen molar-refractivity contribution < 1.29 is 4.74 Å². The molecule has 1 fully saturated rings. The summed E-state index contributed by atoms with van der Waals surface area (Å²) in [7, 11) is 1.74. The van der Waals surface area contributed by atoms with Crippen LogP contribution in [0.15, 0.2) is 60.4 Å². The highest BCUT2D eigenvalue weighted by atomic mass is 16.5. The van der Waals surface area contributed by atoms with E-state index in [1.165, 1.54) is 24.3 Å². The quantitative estimate of drug-likeness (QED) is 0.338. The minimum Gasteiger partial charge on any atom is -0.491 e. The number of pyridine rings is 1. The van der Waals surface area contributed by atoms with Crippen molar-refractivity contribution >= 4 is 11.6 Å². The molecule has 0 saturated heterocycles. The summed E-state index contributed by atoms with van der Waals surface area (Å²) in [6.45, 7) is 3.02. The molecule has 8 nitrogen and oxygen atoms in total. The van der Waals surface area contributed by atoms with Crippen molar-refractivity contribution in [3.05, 3.63) is 71.8 Å². The number of likely N-dealkylation sites (N-methyl/N-ethyl adjacent to an activating group) is 1. The molecule has 4 rings (SSSR count). The number of hydrazine groups is 1. The minimum absolute atomic E-state index is 0.345. The number of anilines is 1. The molecule has 0 amide bonds. The Kier molecular flexibility index (Phi) is 7.04. The summed E-state index contributed by atoms with van der Waals surface area (Å²) < 4.78 is 5.95. The molecular weight excluding hydrogens is 414 g/mol. The van der Waals surface area contributed by atoms with Gasteiger partial charge in [-0.15, -0.1) is 0 Å². The van der Waals surface area contributed by atoms with Crippen LogP contribution in [0.4, 0.5) is 5.95 Å². The normalized spacial score (nSPS) is 14.3. The fourth-order valence-electron chi connectivity index (χ4n) is 3.65.